The van der Waals surface area contributed by atoms with Crippen molar-refractivity contribution in [3.8, 4) is 0 Å². The van der Waals surface area contributed by atoms with E-state index in [0.29, 0.717) is 10.2 Å². The highest BCUT2D eigenvalue weighted by Crippen LogP contribution is 2.33. The summed E-state index contributed by atoms with van der Waals surface area (Å²) in [4.78, 5) is -0.147. The molecule has 4 nitrogen and oxygen atoms in total. The lowest BCUT2D eigenvalue weighted by Crippen LogP contribution is -2.14. The lowest BCUT2D eigenvalue weighted by molar-refractivity contribution is 0.601. The van der Waals surface area contributed by atoms with Crippen molar-refractivity contribution in [2.45, 2.75) is 4.90 Å². The molecular weight excluding hydrogens is 399 g/mol. The van der Waals surface area contributed by atoms with Gasteiger partial charge in [0.05, 0.1) is 10.0 Å². The molecule has 0 bridgehead atoms. The van der Waals surface area contributed by atoms with Gasteiger partial charge in [0.15, 0.2) is 0 Å². The smallest absolute Gasteiger partial charge is 0.264 e. The Bertz CT molecular complexity index is 741. The van der Waals surface area contributed by atoms with E-state index < -0.39 is 10.0 Å². The molecule has 112 valence electrons. The molecule has 21 heavy (non-hydrogen) atoms. The van der Waals surface area contributed by atoms with Crippen molar-refractivity contribution >= 4 is 60.5 Å². The van der Waals surface area contributed by atoms with E-state index in [4.69, 9.17) is 23.2 Å². The molecule has 0 aliphatic carbocycles. The maximum absolute atomic E-state index is 12.4. The second-order valence-corrected chi connectivity index (χ2v) is 7.48. The summed E-state index contributed by atoms with van der Waals surface area (Å²) in [6.07, 6.45) is 0. The van der Waals surface area contributed by atoms with Crippen LogP contribution in [-0.4, -0.2) is 15.5 Å². The van der Waals surface area contributed by atoms with Crippen molar-refractivity contribution in [3.05, 3.63) is 50.9 Å². The summed E-state index contributed by atoms with van der Waals surface area (Å²) in [7, 11) is -2.09. The molecule has 2 rings (SSSR count). The van der Waals surface area contributed by atoms with Crippen LogP contribution in [-0.2, 0) is 10.0 Å². The van der Waals surface area contributed by atoms with E-state index in [1.54, 1.807) is 31.3 Å². The number of anilines is 2. The third-order valence-electron chi connectivity index (χ3n) is 2.66. The predicted octanol–water partition coefficient (Wildman–Crippen LogP) is 4.60. The first-order chi connectivity index (χ1) is 9.83. The molecule has 0 spiro atoms. The van der Waals surface area contributed by atoms with Gasteiger partial charge < -0.3 is 5.32 Å². The summed E-state index contributed by atoms with van der Waals surface area (Å²) in [6, 6.07) is 9.75. The Kier molecular flexibility index (Phi) is 5.03. The van der Waals surface area contributed by atoms with Gasteiger partial charge in [0.2, 0.25) is 0 Å². The van der Waals surface area contributed by atoms with Crippen molar-refractivity contribution in [2.75, 3.05) is 17.1 Å². The maximum atomic E-state index is 12.4. The fourth-order valence-electron chi connectivity index (χ4n) is 1.70. The molecule has 2 aromatic carbocycles. The summed E-state index contributed by atoms with van der Waals surface area (Å²) in [5.41, 5.74) is 1.29. The minimum absolute atomic E-state index is 0.0497. The first kappa shape index (κ1) is 16.4. The van der Waals surface area contributed by atoms with Gasteiger partial charge in [-0.15, -0.1) is 0 Å². The molecule has 0 amide bonds. The van der Waals surface area contributed by atoms with Gasteiger partial charge in [-0.3, -0.25) is 4.72 Å². The minimum Gasteiger partial charge on any atom is -0.388 e. The van der Waals surface area contributed by atoms with Gasteiger partial charge in [0, 0.05) is 22.9 Å². The highest BCUT2D eigenvalue weighted by Gasteiger charge is 2.22. The van der Waals surface area contributed by atoms with E-state index >= 15 is 0 Å². The summed E-state index contributed by atoms with van der Waals surface area (Å²) in [5, 5.41) is 3.05. The van der Waals surface area contributed by atoms with Crippen molar-refractivity contribution in [1.29, 1.82) is 0 Å². The Morgan fingerprint density at radius 1 is 1.00 bits per heavy atom. The molecule has 0 saturated carbocycles. The largest absolute Gasteiger partial charge is 0.388 e. The fourth-order valence-corrected chi connectivity index (χ4v) is 4.69. The molecule has 0 saturated heterocycles. The molecule has 0 aliphatic heterocycles. The number of benzene rings is 2. The molecule has 0 radical (unpaired) electrons. The summed E-state index contributed by atoms with van der Waals surface area (Å²) in [5.74, 6) is 0. The van der Waals surface area contributed by atoms with Crippen LogP contribution in [0.4, 0.5) is 11.4 Å². The van der Waals surface area contributed by atoms with Crippen LogP contribution in [0.25, 0.3) is 0 Å². The van der Waals surface area contributed by atoms with Crippen LogP contribution < -0.4 is 10.0 Å². The number of hydrogen-bond acceptors (Lipinski definition) is 3. The zero-order valence-electron chi connectivity index (χ0n) is 10.8. The molecule has 0 atom stereocenters. The van der Waals surface area contributed by atoms with Crippen LogP contribution in [0.5, 0.6) is 0 Å². The zero-order valence-corrected chi connectivity index (χ0v) is 14.7. The topological polar surface area (TPSA) is 58.2 Å². The standard InChI is InChI=1S/C13H11BrCl2N2O2S/c1-17-9-2-4-10(5-3-9)18-21(19,20)13-11(15)6-8(14)7-12(13)16/h2-7,17-18H,1H3. The number of rotatable bonds is 4. The molecule has 2 N–H and O–H groups in total. The van der Waals surface area contributed by atoms with Crippen molar-refractivity contribution in [1.82, 2.24) is 0 Å². The van der Waals surface area contributed by atoms with Gasteiger partial charge in [-0.05, 0) is 36.4 Å². The van der Waals surface area contributed by atoms with Crippen LogP contribution in [0.3, 0.4) is 0 Å². The van der Waals surface area contributed by atoms with Crippen LogP contribution >= 0.6 is 39.1 Å². The van der Waals surface area contributed by atoms with E-state index in [2.05, 4.69) is 26.0 Å². The van der Waals surface area contributed by atoms with Crippen molar-refractivity contribution in [2.24, 2.45) is 0 Å². The predicted molar refractivity (Wildman–Crippen MR) is 91.0 cm³/mol. The molecular formula is C13H11BrCl2N2O2S. The summed E-state index contributed by atoms with van der Waals surface area (Å²) in [6.45, 7) is 0. The highest BCUT2D eigenvalue weighted by atomic mass is 79.9. The van der Waals surface area contributed by atoms with Gasteiger partial charge in [-0.1, -0.05) is 39.1 Å². The third kappa shape index (κ3) is 3.83. The second kappa shape index (κ2) is 6.44. The number of hydrogen-bond donors (Lipinski definition) is 2. The number of nitrogens with one attached hydrogen (secondary N) is 2. The summed E-state index contributed by atoms with van der Waals surface area (Å²) >= 11 is 15.2. The monoisotopic (exact) mass is 408 g/mol. The Balaban J connectivity index is 2.38. The van der Waals surface area contributed by atoms with E-state index in [1.807, 2.05) is 0 Å². The second-order valence-electron chi connectivity index (χ2n) is 4.13. The molecule has 2 aromatic rings. The van der Waals surface area contributed by atoms with Gasteiger partial charge in [0.25, 0.3) is 10.0 Å². The van der Waals surface area contributed by atoms with E-state index in [0.717, 1.165) is 5.69 Å². The molecule has 8 heteroatoms. The Morgan fingerprint density at radius 3 is 1.95 bits per heavy atom. The Labute approximate surface area is 141 Å². The van der Waals surface area contributed by atoms with Gasteiger partial charge in [0.1, 0.15) is 4.90 Å². The van der Waals surface area contributed by atoms with E-state index in [-0.39, 0.29) is 14.9 Å². The van der Waals surface area contributed by atoms with Gasteiger partial charge in [-0.25, -0.2) is 8.42 Å². The molecule has 0 unspecified atom stereocenters. The first-order valence-corrected chi connectivity index (χ1v) is 8.82. The lowest BCUT2D eigenvalue weighted by Gasteiger charge is -2.12. The fraction of sp³-hybridized carbons (Fsp3) is 0.0769. The molecule has 0 heterocycles. The van der Waals surface area contributed by atoms with Crippen molar-refractivity contribution < 1.29 is 8.42 Å². The minimum atomic E-state index is -3.87. The van der Waals surface area contributed by atoms with Gasteiger partial charge in [-0.2, -0.15) is 0 Å². The molecule has 0 aliphatic rings. The summed E-state index contributed by atoms with van der Waals surface area (Å²) < 4.78 is 27.8. The van der Waals surface area contributed by atoms with Gasteiger partial charge >= 0.3 is 0 Å². The SMILES string of the molecule is CNc1ccc(NS(=O)(=O)c2c(Cl)cc(Br)cc2Cl)cc1. The quantitative estimate of drug-likeness (QED) is 0.775. The number of sulfonamides is 1. The normalized spacial score (nSPS) is 11.2. The lowest BCUT2D eigenvalue weighted by atomic mass is 10.3. The third-order valence-corrected chi connectivity index (χ3v) is 5.42. The van der Waals surface area contributed by atoms with E-state index in [9.17, 15) is 8.42 Å². The maximum Gasteiger partial charge on any atom is 0.264 e. The van der Waals surface area contributed by atoms with E-state index in [1.165, 1.54) is 12.1 Å². The van der Waals surface area contributed by atoms with Crippen LogP contribution in [0.15, 0.2) is 45.8 Å². The van der Waals surface area contributed by atoms with Crippen LogP contribution in [0.2, 0.25) is 10.0 Å². The zero-order chi connectivity index (χ0) is 15.6. The van der Waals surface area contributed by atoms with Crippen LogP contribution in [0, 0.1) is 0 Å². The highest BCUT2D eigenvalue weighted by molar-refractivity contribution is 9.10. The Morgan fingerprint density at radius 2 is 1.48 bits per heavy atom. The average Bonchev–Trinajstić information content (AvgIpc) is 2.37. The van der Waals surface area contributed by atoms with Crippen LogP contribution in [0.1, 0.15) is 0 Å². The number of halogens is 3. The van der Waals surface area contributed by atoms with Crippen molar-refractivity contribution in [3.63, 3.8) is 0 Å². The Hall–Kier alpha value is -0.950. The first-order valence-electron chi connectivity index (χ1n) is 5.78. The average molecular weight is 410 g/mol. The molecule has 0 aromatic heterocycles. The molecule has 0 fully saturated rings.